The molecule has 0 aromatic heterocycles. The van der Waals surface area contributed by atoms with Crippen LogP contribution in [0.4, 0.5) is 0 Å². The van der Waals surface area contributed by atoms with Gasteiger partial charge in [0.25, 0.3) is 0 Å². The van der Waals surface area contributed by atoms with Crippen molar-refractivity contribution in [1.82, 2.24) is 18.5 Å². The average Bonchev–Trinajstić information content (AvgIpc) is 1.25. The topological polar surface area (TPSA) is 226 Å². The standard InChI is InChI=1S/3H3N.2H3O3P/c;;;2*1-4(2)3/h3*1H3;2*1-3H. The van der Waals surface area contributed by atoms with Gasteiger partial charge in [0.1, 0.15) is 0 Å². The number of rotatable bonds is 0. The highest BCUT2D eigenvalue weighted by atomic mass is 31.2. The van der Waals surface area contributed by atoms with E-state index < -0.39 is 17.2 Å². The average molecular weight is 215 g/mol. The van der Waals surface area contributed by atoms with Gasteiger partial charge in [-0.05, 0) is 0 Å². The van der Waals surface area contributed by atoms with Gasteiger partial charge in [-0.3, -0.25) is 0 Å². The normalized spacial score (nSPS) is 6.55. The smallest absolute Gasteiger partial charge is 0.324 e. The Morgan fingerprint density at radius 1 is 0.455 bits per heavy atom. The Kier molecular flexibility index (Phi) is 61.2. The molecule has 0 aliphatic heterocycles. The van der Waals surface area contributed by atoms with Gasteiger partial charge in [-0.2, -0.15) is 0 Å². The summed E-state index contributed by atoms with van der Waals surface area (Å²) in [5.41, 5.74) is 0. The molecule has 11 heavy (non-hydrogen) atoms. The second kappa shape index (κ2) is 22.4. The maximum atomic E-state index is 7.23. The molecule has 0 heterocycles. The van der Waals surface area contributed by atoms with Gasteiger partial charge in [-0.15, -0.1) is 0 Å². The van der Waals surface area contributed by atoms with E-state index in [0.717, 1.165) is 0 Å². The molecule has 11 heteroatoms. The predicted octanol–water partition coefficient (Wildman–Crippen LogP) is -1.13. The summed E-state index contributed by atoms with van der Waals surface area (Å²) < 4.78 is 0. The van der Waals surface area contributed by atoms with Gasteiger partial charge >= 0.3 is 17.2 Å². The highest BCUT2D eigenvalue weighted by Gasteiger charge is 1.76. The van der Waals surface area contributed by atoms with Crippen LogP contribution in [-0.4, -0.2) is 29.4 Å². The van der Waals surface area contributed by atoms with Crippen molar-refractivity contribution in [2.75, 3.05) is 0 Å². The monoisotopic (exact) mass is 215 g/mol. The van der Waals surface area contributed by atoms with E-state index in [1.54, 1.807) is 0 Å². The lowest BCUT2D eigenvalue weighted by Crippen LogP contribution is -1.54. The van der Waals surface area contributed by atoms with Crippen LogP contribution < -0.4 is 18.5 Å². The summed E-state index contributed by atoms with van der Waals surface area (Å²) in [5.74, 6) is 0. The lowest BCUT2D eigenvalue weighted by Gasteiger charge is -1.76. The summed E-state index contributed by atoms with van der Waals surface area (Å²) in [7, 11) is -5.24. The number of hydrogen-bond donors (Lipinski definition) is 9. The van der Waals surface area contributed by atoms with Crippen LogP contribution in [0.15, 0.2) is 0 Å². The van der Waals surface area contributed by atoms with E-state index >= 15 is 0 Å². The van der Waals surface area contributed by atoms with Crippen molar-refractivity contribution in [1.29, 1.82) is 0 Å². The number of hydrogen-bond acceptors (Lipinski definition) is 9. The van der Waals surface area contributed by atoms with Gasteiger partial charge in [0.05, 0.1) is 0 Å². The Balaban J connectivity index is -0.0000000171. The maximum Gasteiger partial charge on any atom is 0.324 e. The fraction of sp³-hybridized carbons (Fsp3) is 0. The van der Waals surface area contributed by atoms with Gasteiger partial charge in [-0.25, -0.2) is 0 Å². The molecule has 0 unspecified atom stereocenters. The molecule has 0 aromatic carbocycles. The molecule has 0 atom stereocenters. The summed E-state index contributed by atoms with van der Waals surface area (Å²) in [6, 6.07) is 0. The Bertz CT molecular complexity index is 31.3. The summed E-state index contributed by atoms with van der Waals surface area (Å²) >= 11 is 0. The summed E-state index contributed by atoms with van der Waals surface area (Å²) in [4.78, 5) is 43.4. The van der Waals surface area contributed by atoms with E-state index in [1.165, 1.54) is 0 Å². The third-order valence-electron chi connectivity index (χ3n) is 0. The zero-order chi connectivity index (χ0) is 7.15. The molecule has 0 aromatic rings. The second-order valence-electron chi connectivity index (χ2n) is 0.537. The van der Waals surface area contributed by atoms with E-state index in [1.807, 2.05) is 0 Å². The zero-order valence-electron chi connectivity index (χ0n) is 5.70. The molecule has 0 fully saturated rings. The minimum Gasteiger partial charge on any atom is -0.344 e. The quantitative estimate of drug-likeness (QED) is 0.222. The Morgan fingerprint density at radius 3 is 0.455 bits per heavy atom. The molecule has 0 bridgehead atoms. The molecule has 0 saturated carbocycles. The molecular formula is H15N3O6P2. The predicted molar refractivity (Wildman–Crippen MR) is 42.2 cm³/mol. The molecule has 0 spiro atoms. The lowest BCUT2D eigenvalue weighted by molar-refractivity contribution is 0.366. The van der Waals surface area contributed by atoms with Crippen LogP contribution in [0.5, 0.6) is 0 Å². The summed E-state index contributed by atoms with van der Waals surface area (Å²) in [6.07, 6.45) is 0. The molecule has 0 rings (SSSR count). The third-order valence-corrected chi connectivity index (χ3v) is 0. The van der Waals surface area contributed by atoms with E-state index in [0.29, 0.717) is 0 Å². The Morgan fingerprint density at radius 2 is 0.455 bits per heavy atom. The van der Waals surface area contributed by atoms with Gasteiger partial charge in [0.15, 0.2) is 0 Å². The Labute approximate surface area is 66.1 Å². The molecule has 0 aliphatic rings. The Hall–Kier alpha value is 0.500. The molecule has 9 nitrogen and oxygen atoms in total. The van der Waals surface area contributed by atoms with E-state index in [2.05, 4.69) is 0 Å². The molecule has 0 saturated heterocycles. The van der Waals surface area contributed by atoms with Gasteiger partial charge in [-0.1, -0.05) is 0 Å². The highest BCUT2D eigenvalue weighted by molar-refractivity contribution is 7.38. The lowest BCUT2D eigenvalue weighted by atomic mass is 14.0. The van der Waals surface area contributed by atoms with E-state index in [4.69, 9.17) is 29.4 Å². The van der Waals surface area contributed by atoms with Crippen LogP contribution in [0.3, 0.4) is 0 Å². The van der Waals surface area contributed by atoms with E-state index in [9.17, 15) is 0 Å². The van der Waals surface area contributed by atoms with Crippen LogP contribution >= 0.6 is 17.2 Å². The first-order chi connectivity index (χ1) is 3.46. The van der Waals surface area contributed by atoms with Crippen molar-refractivity contribution in [3.8, 4) is 0 Å². The molecule has 0 aliphatic carbocycles. The van der Waals surface area contributed by atoms with Crippen molar-refractivity contribution in [2.24, 2.45) is 0 Å². The fourth-order valence-electron chi connectivity index (χ4n) is 0. The van der Waals surface area contributed by atoms with Crippen LogP contribution in [-0.2, 0) is 0 Å². The first-order valence-electron chi connectivity index (χ1n) is 1.20. The van der Waals surface area contributed by atoms with Crippen molar-refractivity contribution in [3.63, 3.8) is 0 Å². The molecule has 15 N–H and O–H groups in total. The van der Waals surface area contributed by atoms with Crippen molar-refractivity contribution in [3.05, 3.63) is 0 Å². The third kappa shape index (κ3) is 3030. The first kappa shape index (κ1) is 30.0. The molecule has 76 valence electrons. The van der Waals surface area contributed by atoms with Gasteiger partial charge < -0.3 is 47.8 Å². The SMILES string of the molecule is N.N.N.OP(O)O.OP(O)O. The molecule has 0 amide bonds. The first-order valence-corrected chi connectivity index (χ1v) is 3.60. The van der Waals surface area contributed by atoms with Gasteiger partial charge in [0.2, 0.25) is 0 Å². The minimum atomic E-state index is -2.62. The minimum absolute atomic E-state index is 0. The zero-order valence-corrected chi connectivity index (χ0v) is 7.49. The van der Waals surface area contributed by atoms with Crippen molar-refractivity contribution >= 4 is 17.2 Å². The maximum absolute atomic E-state index is 7.23. The second-order valence-corrected chi connectivity index (χ2v) is 1.61. The van der Waals surface area contributed by atoms with E-state index in [-0.39, 0.29) is 18.5 Å². The van der Waals surface area contributed by atoms with Crippen LogP contribution in [0.1, 0.15) is 0 Å². The summed E-state index contributed by atoms with van der Waals surface area (Å²) in [6.45, 7) is 0. The van der Waals surface area contributed by atoms with Crippen LogP contribution in [0, 0.1) is 0 Å². The van der Waals surface area contributed by atoms with Gasteiger partial charge in [0, 0.05) is 0 Å². The highest BCUT2D eigenvalue weighted by Crippen LogP contribution is 2.12. The summed E-state index contributed by atoms with van der Waals surface area (Å²) in [5, 5.41) is 0. The van der Waals surface area contributed by atoms with Crippen molar-refractivity contribution < 1.29 is 29.4 Å². The largest absolute Gasteiger partial charge is 0.344 e. The molecule has 0 radical (unpaired) electrons. The van der Waals surface area contributed by atoms with Crippen molar-refractivity contribution in [2.45, 2.75) is 0 Å². The van der Waals surface area contributed by atoms with Crippen LogP contribution in [0.2, 0.25) is 0 Å². The fourth-order valence-corrected chi connectivity index (χ4v) is 0. The van der Waals surface area contributed by atoms with Crippen LogP contribution in [0.25, 0.3) is 0 Å². The molecular weight excluding hydrogens is 200 g/mol.